The summed E-state index contributed by atoms with van der Waals surface area (Å²) in [5, 5.41) is 10.7. The zero-order chi connectivity index (χ0) is 21.4. The van der Waals surface area contributed by atoms with Gasteiger partial charge in [-0.2, -0.15) is 5.26 Å². The van der Waals surface area contributed by atoms with E-state index in [0.717, 1.165) is 28.9 Å². The van der Waals surface area contributed by atoms with Crippen molar-refractivity contribution < 1.29 is 9.53 Å². The molecule has 2 aliphatic rings. The monoisotopic (exact) mass is 419 g/mol. The van der Waals surface area contributed by atoms with E-state index < -0.39 is 5.92 Å². The average molecular weight is 420 g/mol. The van der Waals surface area contributed by atoms with E-state index in [1.54, 1.807) is 7.11 Å². The molecule has 2 aromatic carbocycles. The quantitative estimate of drug-likeness (QED) is 0.760. The molecule has 0 unspecified atom stereocenters. The highest BCUT2D eigenvalue weighted by atomic mass is 35.5. The molecule has 0 spiro atoms. The van der Waals surface area contributed by atoms with E-state index in [1.807, 2.05) is 54.3 Å². The van der Waals surface area contributed by atoms with Crippen LogP contribution in [0.5, 0.6) is 5.75 Å². The maximum atomic E-state index is 13.1. The summed E-state index contributed by atoms with van der Waals surface area (Å²) in [7, 11) is 1.60. The summed E-state index contributed by atoms with van der Waals surface area (Å²) in [5.74, 6) is 0.629. The lowest BCUT2D eigenvalue weighted by atomic mass is 9.75. The van der Waals surface area contributed by atoms with Gasteiger partial charge < -0.3 is 10.5 Å². The van der Waals surface area contributed by atoms with Crippen LogP contribution >= 0.6 is 11.6 Å². The largest absolute Gasteiger partial charge is 0.497 e. The lowest BCUT2D eigenvalue weighted by Crippen LogP contribution is -2.39. The van der Waals surface area contributed by atoms with Crippen molar-refractivity contribution in [1.82, 2.24) is 0 Å². The predicted octanol–water partition coefficient (Wildman–Crippen LogP) is 4.96. The average Bonchev–Trinajstić information content (AvgIpc) is 2.76. The van der Waals surface area contributed by atoms with Gasteiger partial charge in [0.15, 0.2) is 5.78 Å². The first-order valence-electron chi connectivity index (χ1n) is 9.83. The number of Topliss-reactive ketones (excluding diaryl/α,β-unsaturated/α-hetero) is 1. The van der Waals surface area contributed by atoms with Crippen molar-refractivity contribution in [2.45, 2.75) is 32.1 Å². The highest BCUT2D eigenvalue weighted by Crippen LogP contribution is 2.47. The number of carbonyl (C=O) groups excluding carboxylic acids is 1. The highest BCUT2D eigenvalue weighted by Gasteiger charge is 2.40. The van der Waals surface area contributed by atoms with Crippen LogP contribution in [0.4, 0.5) is 5.69 Å². The number of hydrogen-bond donors (Lipinski definition) is 1. The molecular weight excluding hydrogens is 398 g/mol. The van der Waals surface area contributed by atoms with E-state index in [0.29, 0.717) is 40.6 Å². The minimum atomic E-state index is -0.487. The molecule has 1 aliphatic heterocycles. The number of benzene rings is 2. The van der Waals surface area contributed by atoms with Crippen molar-refractivity contribution in [1.29, 1.82) is 5.26 Å². The first kappa shape index (κ1) is 20.1. The smallest absolute Gasteiger partial charge is 0.161 e. The first-order chi connectivity index (χ1) is 14.5. The molecule has 0 aromatic heterocycles. The second-order valence-electron chi connectivity index (χ2n) is 7.47. The Bertz CT molecular complexity index is 1130. The van der Waals surface area contributed by atoms with Crippen molar-refractivity contribution in [3.05, 3.63) is 81.3 Å². The van der Waals surface area contributed by atoms with Crippen LogP contribution in [0.1, 0.15) is 36.3 Å². The van der Waals surface area contributed by atoms with Crippen LogP contribution < -0.4 is 15.4 Å². The SMILES string of the molecule is COc1ccc([C@H]2C(C#N)=C(N)N(c3cccc(Cl)c3C)C3=C2C(=O)CCC3)cc1. The van der Waals surface area contributed by atoms with E-state index in [-0.39, 0.29) is 5.78 Å². The topological polar surface area (TPSA) is 79.3 Å². The molecule has 0 saturated carbocycles. The highest BCUT2D eigenvalue weighted by molar-refractivity contribution is 6.31. The lowest BCUT2D eigenvalue weighted by molar-refractivity contribution is -0.116. The normalized spacial score (nSPS) is 18.9. The van der Waals surface area contributed by atoms with Crippen LogP contribution in [0.15, 0.2) is 65.1 Å². The predicted molar refractivity (Wildman–Crippen MR) is 117 cm³/mol. The van der Waals surface area contributed by atoms with Crippen LogP contribution in [-0.2, 0) is 4.79 Å². The minimum absolute atomic E-state index is 0.0574. The maximum Gasteiger partial charge on any atom is 0.161 e. The van der Waals surface area contributed by atoms with Crippen LogP contribution in [0.2, 0.25) is 5.02 Å². The summed E-state index contributed by atoms with van der Waals surface area (Å²) < 4.78 is 5.26. The van der Waals surface area contributed by atoms with Gasteiger partial charge in [-0.15, -0.1) is 0 Å². The zero-order valence-corrected chi connectivity index (χ0v) is 17.7. The molecule has 1 aliphatic carbocycles. The van der Waals surface area contributed by atoms with Crippen molar-refractivity contribution in [3.63, 3.8) is 0 Å². The van der Waals surface area contributed by atoms with E-state index in [9.17, 15) is 10.1 Å². The number of nitriles is 1. The van der Waals surface area contributed by atoms with Gasteiger partial charge in [0.2, 0.25) is 0 Å². The molecule has 0 amide bonds. The molecule has 30 heavy (non-hydrogen) atoms. The fourth-order valence-corrected chi connectivity index (χ4v) is 4.50. The molecule has 4 rings (SSSR count). The molecule has 0 fully saturated rings. The number of allylic oxidation sites excluding steroid dienone is 3. The van der Waals surface area contributed by atoms with Gasteiger partial charge in [-0.1, -0.05) is 29.8 Å². The Labute approximate surface area is 181 Å². The van der Waals surface area contributed by atoms with Gasteiger partial charge >= 0.3 is 0 Å². The summed E-state index contributed by atoms with van der Waals surface area (Å²) >= 11 is 6.36. The molecular formula is C24H22ClN3O2. The standard InChI is InChI=1S/C24H22ClN3O2/c1-14-18(25)5-3-6-19(14)28-20-7-4-8-21(29)23(20)22(17(13-26)24(28)27)15-9-11-16(30-2)12-10-15/h3,5-6,9-12,22H,4,7-8,27H2,1-2H3/t22-/m0/s1. The summed E-state index contributed by atoms with van der Waals surface area (Å²) in [5.41, 5.74) is 11.0. The van der Waals surface area contributed by atoms with Gasteiger partial charge in [-0.25, -0.2) is 0 Å². The van der Waals surface area contributed by atoms with Crippen LogP contribution in [-0.4, -0.2) is 12.9 Å². The second-order valence-corrected chi connectivity index (χ2v) is 7.88. The molecule has 2 aromatic rings. The van der Waals surface area contributed by atoms with E-state index in [1.165, 1.54) is 0 Å². The summed E-state index contributed by atoms with van der Waals surface area (Å²) in [4.78, 5) is 15.0. The Hall–Kier alpha value is -3.23. The van der Waals surface area contributed by atoms with Crippen molar-refractivity contribution >= 4 is 23.1 Å². The van der Waals surface area contributed by atoms with Gasteiger partial charge in [0.1, 0.15) is 11.6 Å². The number of halogens is 1. The number of ketones is 1. The molecule has 2 N–H and O–H groups in total. The number of hydrogen-bond acceptors (Lipinski definition) is 5. The summed E-state index contributed by atoms with van der Waals surface area (Å²) in [6.45, 7) is 1.91. The Morgan fingerprint density at radius 2 is 1.93 bits per heavy atom. The van der Waals surface area contributed by atoms with Crippen molar-refractivity contribution in [2.24, 2.45) is 5.73 Å². The summed E-state index contributed by atoms with van der Waals surface area (Å²) in [6.07, 6.45) is 1.92. The van der Waals surface area contributed by atoms with Crippen molar-refractivity contribution in [3.8, 4) is 11.8 Å². The van der Waals surface area contributed by atoms with Crippen LogP contribution in [0.25, 0.3) is 0 Å². The molecule has 152 valence electrons. The Morgan fingerprint density at radius 1 is 1.20 bits per heavy atom. The third-order valence-electron chi connectivity index (χ3n) is 5.84. The molecule has 0 radical (unpaired) electrons. The number of anilines is 1. The van der Waals surface area contributed by atoms with Gasteiger partial charge in [-0.3, -0.25) is 9.69 Å². The van der Waals surface area contributed by atoms with E-state index >= 15 is 0 Å². The maximum absolute atomic E-state index is 13.1. The third kappa shape index (κ3) is 3.14. The molecule has 0 bridgehead atoms. The molecule has 1 atom stereocenters. The van der Waals surface area contributed by atoms with Gasteiger partial charge in [0.25, 0.3) is 0 Å². The van der Waals surface area contributed by atoms with E-state index in [2.05, 4.69) is 6.07 Å². The minimum Gasteiger partial charge on any atom is -0.497 e. The van der Waals surface area contributed by atoms with Gasteiger partial charge in [-0.05, 0) is 55.2 Å². The zero-order valence-electron chi connectivity index (χ0n) is 16.9. The fourth-order valence-electron chi connectivity index (χ4n) is 4.33. The number of ether oxygens (including phenoxy) is 1. The number of rotatable bonds is 3. The number of nitrogens with zero attached hydrogens (tertiary/aromatic N) is 2. The van der Waals surface area contributed by atoms with Gasteiger partial charge in [0.05, 0.1) is 30.4 Å². The Balaban J connectivity index is 1.96. The summed E-state index contributed by atoms with van der Waals surface area (Å²) in [6, 6.07) is 15.3. The third-order valence-corrected chi connectivity index (χ3v) is 6.25. The molecule has 1 heterocycles. The molecule has 6 heteroatoms. The number of methoxy groups -OCH3 is 1. The second kappa shape index (κ2) is 7.89. The number of carbonyl (C=O) groups is 1. The molecule has 5 nitrogen and oxygen atoms in total. The molecule has 0 saturated heterocycles. The lowest BCUT2D eigenvalue weighted by Gasteiger charge is -2.40. The van der Waals surface area contributed by atoms with Crippen LogP contribution in [0, 0.1) is 18.3 Å². The van der Waals surface area contributed by atoms with Crippen LogP contribution in [0.3, 0.4) is 0 Å². The van der Waals surface area contributed by atoms with E-state index in [4.69, 9.17) is 22.1 Å². The van der Waals surface area contributed by atoms with Crippen molar-refractivity contribution in [2.75, 3.05) is 12.0 Å². The number of nitrogens with two attached hydrogens (primary N) is 1. The first-order valence-corrected chi connectivity index (χ1v) is 10.2. The Kier molecular flexibility index (Phi) is 5.27. The van der Waals surface area contributed by atoms with Gasteiger partial charge in [0, 0.05) is 22.7 Å². The Morgan fingerprint density at radius 3 is 2.60 bits per heavy atom. The fraction of sp³-hybridized carbons (Fsp3) is 0.250.